The maximum atomic E-state index is 10.1. The molecule has 0 amide bonds. The minimum absolute atomic E-state index is 0.136. The van der Waals surface area contributed by atoms with E-state index in [0.717, 1.165) is 34.9 Å². The van der Waals surface area contributed by atoms with Crippen molar-refractivity contribution in [3.63, 3.8) is 0 Å². The largest absolute Gasteiger partial charge is 0.504 e. The first-order valence-corrected chi connectivity index (χ1v) is 6.59. The lowest BCUT2D eigenvalue weighted by Gasteiger charge is -2.16. The summed E-state index contributed by atoms with van der Waals surface area (Å²) < 4.78 is 6.05. The van der Waals surface area contributed by atoms with E-state index >= 15 is 0 Å². The van der Waals surface area contributed by atoms with E-state index in [4.69, 9.17) is 4.74 Å². The van der Waals surface area contributed by atoms with Crippen LogP contribution in [-0.4, -0.2) is 22.9 Å². The quantitative estimate of drug-likeness (QED) is 0.899. The third kappa shape index (κ3) is 2.43. The zero-order valence-electron chi connectivity index (χ0n) is 10.1. The number of aromatic hydroxyl groups is 1. The van der Waals surface area contributed by atoms with Crippen LogP contribution in [0.1, 0.15) is 30.9 Å². The van der Waals surface area contributed by atoms with E-state index in [9.17, 15) is 10.2 Å². The highest BCUT2D eigenvalue weighted by Crippen LogP contribution is 2.45. The smallest absolute Gasteiger partial charge is 0.162 e. The summed E-state index contributed by atoms with van der Waals surface area (Å²) >= 11 is 3.51. The van der Waals surface area contributed by atoms with Crippen LogP contribution < -0.4 is 4.74 Å². The van der Waals surface area contributed by atoms with E-state index in [-0.39, 0.29) is 5.75 Å². The molecule has 0 spiro atoms. The normalized spacial score (nSPS) is 16.9. The van der Waals surface area contributed by atoms with Gasteiger partial charge in [0.15, 0.2) is 11.5 Å². The van der Waals surface area contributed by atoms with Crippen LogP contribution in [0.15, 0.2) is 10.5 Å². The Morgan fingerprint density at radius 3 is 2.59 bits per heavy atom. The fourth-order valence-electron chi connectivity index (χ4n) is 1.96. The Hall–Kier alpha value is -0.740. The number of rotatable bonds is 4. The molecule has 2 rings (SSSR count). The number of methoxy groups -OCH3 is 1. The first-order chi connectivity index (χ1) is 8.00. The highest BCUT2D eigenvalue weighted by atomic mass is 79.9. The molecule has 1 aromatic carbocycles. The fourth-order valence-corrected chi connectivity index (χ4v) is 2.68. The molecule has 4 heteroatoms. The van der Waals surface area contributed by atoms with Crippen molar-refractivity contribution in [3.8, 4) is 11.5 Å². The number of phenols is 1. The van der Waals surface area contributed by atoms with E-state index < -0.39 is 5.60 Å². The lowest BCUT2D eigenvalue weighted by molar-refractivity contribution is 0.149. The minimum atomic E-state index is -0.628. The van der Waals surface area contributed by atoms with Gasteiger partial charge in [-0.25, -0.2) is 0 Å². The highest BCUT2D eigenvalue weighted by Gasteiger charge is 2.41. The molecule has 1 saturated carbocycles. The summed E-state index contributed by atoms with van der Waals surface area (Å²) in [5.41, 5.74) is 1.21. The van der Waals surface area contributed by atoms with Crippen LogP contribution >= 0.6 is 15.9 Å². The average Bonchev–Trinajstić information content (AvgIpc) is 3.03. The van der Waals surface area contributed by atoms with Crippen LogP contribution in [0.4, 0.5) is 0 Å². The summed E-state index contributed by atoms with van der Waals surface area (Å²) in [6, 6.07) is 1.83. The van der Waals surface area contributed by atoms with Crippen molar-refractivity contribution in [1.82, 2.24) is 0 Å². The third-order valence-electron chi connectivity index (χ3n) is 3.31. The molecule has 0 atom stereocenters. The third-order valence-corrected chi connectivity index (χ3v) is 4.29. The molecule has 2 N–H and O–H groups in total. The first kappa shape index (κ1) is 12.7. The number of hydrogen-bond donors (Lipinski definition) is 2. The summed E-state index contributed by atoms with van der Waals surface area (Å²) in [7, 11) is 1.54. The van der Waals surface area contributed by atoms with Gasteiger partial charge in [0.1, 0.15) is 0 Å². The van der Waals surface area contributed by atoms with E-state index in [2.05, 4.69) is 15.9 Å². The van der Waals surface area contributed by atoms with E-state index in [1.54, 1.807) is 0 Å². The second-order valence-electron chi connectivity index (χ2n) is 4.63. The van der Waals surface area contributed by atoms with Gasteiger partial charge < -0.3 is 14.9 Å². The van der Waals surface area contributed by atoms with Crippen LogP contribution in [0.5, 0.6) is 11.5 Å². The van der Waals surface area contributed by atoms with Gasteiger partial charge in [-0.1, -0.05) is 22.9 Å². The van der Waals surface area contributed by atoms with Crippen molar-refractivity contribution < 1.29 is 14.9 Å². The Balaban J connectivity index is 2.46. The topological polar surface area (TPSA) is 49.7 Å². The number of benzene rings is 1. The Bertz CT molecular complexity index is 411. The molecule has 0 aromatic heterocycles. The average molecular weight is 301 g/mol. The Kier molecular flexibility index (Phi) is 3.36. The predicted octanol–water partition coefficient (Wildman–Crippen LogP) is 2.79. The molecule has 0 unspecified atom stereocenters. The molecular weight excluding hydrogens is 284 g/mol. The Morgan fingerprint density at radius 2 is 2.12 bits per heavy atom. The lowest BCUT2D eigenvalue weighted by atomic mass is 10.0. The van der Waals surface area contributed by atoms with Crippen molar-refractivity contribution >= 4 is 15.9 Å². The molecule has 1 aromatic rings. The van der Waals surface area contributed by atoms with Crippen LogP contribution in [-0.2, 0) is 12.8 Å². The van der Waals surface area contributed by atoms with Crippen molar-refractivity contribution in [2.45, 2.75) is 38.2 Å². The monoisotopic (exact) mass is 300 g/mol. The van der Waals surface area contributed by atoms with Crippen molar-refractivity contribution in [3.05, 3.63) is 21.7 Å². The lowest BCUT2D eigenvalue weighted by Crippen LogP contribution is -2.12. The van der Waals surface area contributed by atoms with Gasteiger partial charge in [-0.15, -0.1) is 0 Å². The molecule has 3 nitrogen and oxygen atoms in total. The summed E-state index contributed by atoms with van der Waals surface area (Å²) in [6.07, 6.45) is 2.93. The van der Waals surface area contributed by atoms with Gasteiger partial charge in [0.2, 0.25) is 0 Å². The standard InChI is InChI=1S/C13H17BrO3/c1-3-8-6-10(17-2)12(15)9(11(8)14)7-13(16)4-5-13/h6,15-16H,3-5,7H2,1-2H3. The first-order valence-electron chi connectivity index (χ1n) is 5.80. The van der Waals surface area contributed by atoms with E-state index in [1.165, 1.54) is 7.11 Å². The van der Waals surface area contributed by atoms with Crippen molar-refractivity contribution in [1.29, 1.82) is 0 Å². The molecule has 0 bridgehead atoms. The Morgan fingerprint density at radius 1 is 1.47 bits per heavy atom. The summed E-state index contributed by atoms with van der Waals surface area (Å²) in [6.45, 7) is 2.05. The number of phenolic OH excluding ortho intramolecular Hbond substituents is 1. The fraction of sp³-hybridized carbons (Fsp3) is 0.538. The van der Waals surface area contributed by atoms with Crippen LogP contribution in [0, 0.1) is 0 Å². The Labute approximate surface area is 110 Å². The summed E-state index contributed by atoms with van der Waals surface area (Å²) in [4.78, 5) is 0. The highest BCUT2D eigenvalue weighted by molar-refractivity contribution is 9.10. The number of aliphatic hydroxyl groups is 1. The zero-order chi connectivity index (χ0) is 12.6. The molecule has 1 aliphatic carbocycles. The number of aryl methyl sites for hydroxylation is 1. The SMILES string of the molecule is CCc1cc(OC)c(O)c(CC2(O)CC2)c1Br. The summed E-state index contributed by atoms with van der Waals surface area (Å²) in [5.74, 6) is 0.612. The van der Waals surface area contributed by atoms with Gasteiger partial charge in [-0.3, -0.25) is 0 Å². The molecule has 0 heterocycles. The molecule has 0 radical (unpaired) electrons. The number of hydrogen-bond acceptors (Lipinski definition) is 3. The predicted molar refractivity (Wildman–Crippen MR) is 69.6 cm³/mol. The molecule has 17 heavy (non-hydrogen) atoms. The molecule has 1 fully saturated rings. The van der Waals surface area contributed by atoms with Gasteiger partial charge in [0, 0.05) is 16.5 Å². The van der Waals surface area contributed by atoms with Gasteiger partial charge in [-0.05, 0) is 30.9 Å². The van der Waals surface area contributed by atoms with E-state index in [1.807, 2.05) is 13.0 Å². The molecule has 0 saturated heterocycles. The van der Waals surface area contributed by atoms with Gasteiger partial charge >= 0.3 is 0 Å². The van der Waals surface area contributed by atoms with E-state index in [0.29, 0.717) is 12.2 Å². The number of halogens is 1. The summed E-state index contributed by atoms with van der Waals surface area (Å²) in [5, 5.41) is 20.1. The van der Waals surface area contributed by atoms with Gasteiger partial charge in [-0.2, -0.15) is 0 Å². The van der Waals surface area contributed by atoms with Crippen molar-refractivity contribution in [2.75, 3.05) is 7.11 Å². The molecule has 1 aliphatic rings. The maximum Gasteiger partial charge on any atom is 0.162 e. The van der Waals surface area contributed by atoms with Gasteiger partial charge in [0.25, 0.3) is 0 Å². The minimum Gasteiger partial charge on any atom is -0.504 e. The van der Waals surface area contributed by atoms with Crippen LogP contribution in [0.3, 0.4) is 0 Å². The van der Waals surface area contributed by atoms with Crippen LogP contribution in [0.25, 0.3) is 0 Å². The zero-order valence-corrected chi connectivity index (χ0v) is 11.7. The second kappa shape index (κ2) is 4.50. The van der Waals surface area contributed by atoms with Crippen LogP contribution in [0.2, 0.25) is 0 Å². The molecule has 94 valence electrons. The molecular formula is C13H17BrO3. The maximum absolute atomic E-state index is 10.1. The van der Waals surface area contributed by atoms with Gasteiger partial charge in [0.05, 0.1) is 12.7 Å². The van der Waals surface area contributed by atoms with Crippen molar-refractivity contribution in [2.24, 2.45) is 0 Å². The number of ether oxygens (including phenoxy) is 1. The second-order valence-corrected chi connectivity index (χ2v) is 5.43. The molecule has 0 aliphatic heterocycles.